The number of nitrogens with one attached hydrogen (secondary N) is 1. The second-order valence-corrected chi connectivity index (χ2v) is 9.07. The molecule has 7 heteroatoms. The fourth-order valence-electron chi connectivity index (χ4n) is 4.87. The fraction of sp³-hybridized carbons (Fsp3) is 0.321. The summed E-state index contributed by atoms with van der Waals surface area (Å²) in [6.07, 6.45) is -0.374. The third-order valence-electron chi connectivity index (χ3n) is 6.58. The van der Waals surface area contributed by atoms with Gasteiger partial charge in [0.1, 0.15) is 12.7 Å². The molecule has 0 spiro atoms. The van der Waals surface area contributed by atoms with Crippen LogP contribution in [0.25, 0.3) is 0 Å². The summed E-state index contributed by atoms with van der Waals surface area (Å²) in [5.74, 6) is 0.858. The van der Waals surface area contributed by atoms with Crippen LogP contribution in [0.4, 0.5) is 0 Å². The van der Waals surface area contributed by atoms with Gasteiger partial charge in [-0.25, -0.2) is 0 Å². The van der Waals surface area contributed by atoms with Gasteiger partial charge in [-0.05, 0) is 17.2 Å². The molecule has 0 radical (unpaired) electrons. The van der Waals surface area contributed by atoms with Gasteiger partial charge < -0.3 is 14.7 Å². The van der Waals surface area contributed by atoms with Crippen LogP contribution in [0.1, 0.15) is 22.7 Å². The lowest BCUT2D eigenvalue weighted by atomic mass is 9.96. The molecule has 1 atom stereocenters. The Hall–Kier alpha value is -3.39. The van der Waals surface area contributed by atoms with Gasteiger partial charge in [0.25, 0.3) is 5.91 Å². The molecule has 1 unspecified atom stereocenters. The summed E-state index contributed by atoms with van der Waals surface area (Å²) in [7, 11) is 0. The van der Waals surface area contributed by atoms with Crippen LogP contribution in [0.5, 0.6) is 11.5 Å². The summed E-state index contributed by atoms with van der Waals surface area (Å²) >= 11 is 0. The largest absolute Gasteiger partial charge is 0.487 e. The number of hydrogen-bond acceptors (Lipinski definition) is 6. The second kappa shape index (κ2) is 10.9. The van der Waals surface area contributed by atoms with Crippen molar-refractivity contribution in [2.45, 2.75) is 18.6 Å². The van der Waals surface area contributed by atoms with Crippen molar-refractivity contribution in [3.63, 3.8) is 0 Å². The minimum Gasteiger partial charge on any atom is -0.487 e. The highest BCUT2D eigenvalue weighted by Crippen LogP contribution is 2.33. The zero-order valence-electron chi connectivity index (χ0n) is 19.7. The van der Waals surface area contributed by atoms with E-state index in [4.69, 9.17) is 9.57 Å². The average molecular weight is 474 g/mol. The van der Waals surface area contributed by atoms with Crippen molar-refractivity contribution in [1.82, 2.24) is 15.3 Å². The highest BCUT2D eigenvalue weighted by atomic mass is 16.7. The topological polar surface area (TPSA) is 74.3 Å². The zero-order chi connectivity index (χ0) is 24.0. The molecule has 7 nitrogen and oxygen atoms in total. The summed E-state index contributed by atoms with van der Waals surface area (Å²) < 4.78 is 5.85. The molecule has 1 amide bonds. The number of fused-ring (bicyclic) bond motifs is 1. The Labute approximate surface area is 205 Å². The number of β-amino-alcohol motifs (C(OH)–C–C–N with tert-alkyl or cyclic N) is 1. The molecule has 0 aromatic heterocycles. The third kappa shape index (κ3) is 5.65. The molecular weight excluding hydrogens is 442 g/mol. The van der Waals surface area contributed by atoms with Crippen molar-refractivity contribution in [2.75, 3.05) is 39.3 Å². The Balaban J connectivity index is 1.16. The number of ether oxygens (including phenoxy) is 1. The molecular formula is C28H31N3O4. The highest BCUT2D eigenvalue weighted by Gasteiger charge is 2.27. The first-order valence-electron chi connectivity index (χ1n) is 12.1. The van der Waals surface area contributed by atoms with E-state index in [1.165, 1.54) is 11.1 Å². The standard InChI is InChI=1S/C28H31N3O4/c32-24(20-34-25-13-7-12-23-18-26(33)29-35-28(23)25)19-30-14-16-31(17-15-30)27(21-8-3-1-4-9-21)22-10-5-2-6-11-22/h1-13,24,27,32H,14-20H2,(H,29,33). The van der Waals surface area contributed by atoms with Gasteiger partial charge in [-0.1, -0.05) is 72.8 Å². The number of hydrogen-bond donors (Lipinski definition) is 2. The molecule has 0 bridgehead atoms. The quantitative estimate of drug-likeness (QED) is 0.524. The number of benzene rings is 3. The van der Waals surface area contributed by atoms with Crippen LogP contribution in [-0.2, 0) is 11.2 Å². The fourth-order valence-corrected chi connectivity index (χ4v) is 4.87. The molecule has 3 aromatic rings. The predicted molar refractivity (Wildman–Crippen MR) is 133 cm³/mol. The smallest absolute Gasteiger partial charge is 0.257 e. The van der Waals surface area contributed by atoms with Gasteiger partial charge in [0.15, 0.2) is 5.75 Å². The van der Waals surface area contributed by atoms with Gasteiger partial charge in [0, 0.05) is 38.3 Å². The maximum absolute atomic E-state index is 11.5. The van der Waals surface area contributed by atoms with Crippen molar-refractivity contribution < 1.29 is 19.5 Å². The van der Waals surface area contributed by atoms with Gasteiger partial charge in [0.2, 0.25) is 5.75 Å². The van der Waals surface area contributed by atoms with Gasteiger partial charge >= 0.3 is 0 Å². The zero-order valence-corrected chi connectivity index (χ0v) is 19.7. The van der Waals surface area contributed by atoms with Crippen molar-refractivity contribution in [1.29, 1.82) is 0 Å². The second-order valence-electron chi connectivity index (χ2n) is 9.07. The number of aliphatic hydroxyl groups is 1. The minimum atomic E-state index is -0.630. The molecule has 3 aromatic carbocycles. The van der Waals surface area contributed by atoms with Gasteiger partial charge in [0.05, 0.1) is 12.5 Å². The van der Waals surface area contributed by atoms with Crippen LogP contribution in [0.2, 0.25) is 0 Å². The average Bonchev–Trinajstić information content (AvgIpc) is 2.90. The Bertz CT molecular complexity index is 1080. The lowest BCUT2D eigenvalue weighted by molar-refractivity contribution is -0.128. The minimum absolute atomic E-state index is 0.157. The van der Waals surface area contributed by atoms with Crippen LogP contribution in [0.15, 0.2) is 78.9 Å². The summed E-state index contributed by atoms with van der Waals surface area (Å²) in [6.45, 7) is 4.29. The van der Waals surface area contributed by atoms with E-state index in [2.05, 4.69) is 75.9 Å². The number of nitrogens with zero attached hydrogens (tertiary/aromatic N) is 2. The molecule has 35 heavy (non-hydrogen) atoms. The van der Waals surface area contributed by atoms with E-state index < -0.39 is 6.10 Å². The lowest BCUT2D eigenvalue weighted by Crippen LogP contribution is -2.50. The van der Waals surface area contributed by atoms with E-state index in [0.29, 0.717) is 18.0 Å². The number of rotatable bonds is 8. The van der Waals surface area contributed by atoms with Crippen LogP contribution >= 0.6 is 0 Å². The van der Waals surface area contributed by atoms with E-state index in [9.17, 15) is 9.90 Å². The lowest BCUT2D eigenvalue weighted by Gasteiger charge is -2.40. The van der Waals surface area contributed by atoms with Crippen molar-refractivity contribution in [3.8, 4) is 11.5 Å². The number of hydroxylamine groups is 1. The third-order valence-corrected chi connectivity index (χ3v) is 6.58. The van der Waals surface area contributed by atoms with Crippen LogP contribution in [0, 0.1) is 0 Å². The molecule has 0 saturated carbocycles. The SMILES string of the molecule is O=C1Cc2cccc(OCC(O)CN3CCN(C(c4ccccc4)c4ccccc4)CC3)c2ON1. The summed E-state index contributed by atoms with van der Waals surface area (Å²) in [4.78, 5) is 21.7. The molecule has 2 N–H and O–H groups in total. The van der Waals surface area contributed by atoms with E-state index in [0.717, 1.165) is 31.7 Å². The molecule has 2 heterocycles. The van der Waals surface area contributed by atoms with Gasteiger partial charge in [-0.15, -0.1) is 0 Å². The molecule has 2 aliphatic rings. The molecule has 2 aliphatic heterocycles. The number of piperazine rings is 1. The first-order valence-corrected chi connectivity index (χ1v) is 12.1. The van der Waals surface area contributed by atoms with Crippen molar-refractivity contribution in [3.05, 3.63) is 95.6 Å². The summed E-state index contributed by atoms with van der Waals surface area (Å²) in [6, 6.07) is 27.0. The molecule has 5 rings (SSSR count). The maximum atomic E-state index is 11.5. The number of aliphatic hydroxyl groups excluding tert-OH is 1. The Morgan fingerprint density at radius 3 is 2.20 bits per heavy atom. The van der Waals surface area contributed by atoms with E-state index in [1.54, 1.807) is 6.07 Å². The van der Waals surface area contributed by atoms with E-state index in [-0.39, 0.29) is 25.0 Å². The van der Waals surface area contributed by atoms with E-state index in [1.807, 2.05) is 12.1 Å². The summed E-state index contributed by atoms with van der Waals surface area (Å²) in [5.41, 5.74) is 5.75. The molecule has 182 valence electrons. The number of amides is 1. The normalized spacial score (nSPS) is 17.4. The van der Waals surface area contributed by atoms with Gasteiger partial charge in [-0.2, -0.15) is 5.48 Å². The maximum Gasteiger partial charge on any atom is 0.257 e. The van der Waals surface area contributed by atoms with Crippen LogP contribution < -0.4 is 15.1 Å². The van der Waals surface area contributed by atoms with E-state index >= 15 is 0 Å². The first-order chi connectivity index (χ1) is 17.2. The number of carbonyl (C=O) groups is 1. The monoisotopic (exact) mass is 473 g/mol. The van der Waals surface area contributed by atoms with Crippen molar-refractivity contribution >= 4 is 5.91 Å². The van der Waals surface area contributed by atoms with Crippen LogP contribution in [-0.4, -0.2) is 66.2 Å². The highest BCUT2D eigenvalue weighted by molar-refractivity contribution is 5.80. The summed E-state index contributed by atoms with van der Waals surface area (Å²) in [5, 5.41) is 10.6. The molecule has 1 saturated heterocycles. The predicted octanol–water partition coefficient (Wildman–Crippen LogP) is 2.80. The van der Waals surface area contributed by atoms with Crippen molar-refractivity contribution in [2.24, 2.45) is 0 Å². The number of carbonyl (C=O) groups excluding carboxylic acids is 1. The Morgan fingerprint density at radius 2 is 1.54 bits per heavy atom. The van der Waals surface area contributed by atoms with Gasteiger partial charge in [-0.3, -0.25) is 14.6 Å². The Morgan fingerprint density at radius 1 is 0.886 bits per heavy atom. The molecule has 1 fully saturated rings. The number of para-hydroxylation sites is 1. The Kier molecular flexibility index (Phi) is 7.28. The first kappa shape index (κ1) is 23.4. The van der Waals surface area contributed by atoms with Crippen LogP contribution in [0.3, 0.4) is 0 Å². The molecule has 0 aliphatic carbocycles.